The maximum atomic E-state index is 12.4. The van der Waals surface area contributed by atoms with E-state index in [1.165, 1.54) is 19.3 Å². The summed E-state index contributed by atoms with van der Waals surface area (Å²) in [6, 6.07) is 0. The summed E-state index contributed by atoms with van der Waals surface area (Å²) in [5.41, 5.74) is 0.739. The topological polar surface area (TPSA) is 46.9 Å². The summed E-state index contributed by atoms with van der Waals surface area (Å²) in [6.45, 7) is 7.93. The molecule has 1 aliphatic carbocycles. The van der Waals surface area contributed by atoms with E-state index in [1.54, 1.807) is 10.9 Å². The largest absolute Gasteiger partial charge is 0.379 e. The van der Waals surface area contributed by atoms with E-state index in [4.69, 9.17) is 0 Å². The molecule has 5 heteroatoms. The molecule has 0 spiro atoms. The molecule has 0 saturated heterocycles. The van der Waals surface area contributed by atoms with Crippen molar-refractivity contribution in [2.24, 2.45) is 11.3 Å². The van der Waals surface area contributed by atoms with E-state index in [0.717, 1.165) is 17.6 Å². The first-order valence-corrected chi connectivity index (χ1v) is 7.65. The van der Waals surface area contributed by atoms with Crippen molar-refractivity contribution in [1.29, 1.82) is 0 Å². The number of hydrogen-bond donors (Lipinski definition) is 1. The van der Waals surface area contributed by atoms with E-state index in [9.17, 15) is 4.79 Å². The summed E-state index contributed by atoms with van der Waals surface area (Å²) in [4.78, 5) is 12.4. The van der Waals surface area contributed by atoms with E-state index in [2.05, 4.69) is 47.1 Å². The normalized spacial score (nSPS) is 16.2. The molecule has 106 valence electrons. The Morgan fingerprint density at radius 3 is 2.68 bits per heavy atom. The SMILES string of the molecule is CC(C)(C)CNc1c(Br)cnn(CC2CCC2)c1=O. The molecule has 0 amide bonds. The van der Waals surface area contributed by atoms with Gasteiger partial charge in [0.15, 0.2) is 0 Å². The number of rotatable bonds is 4. The lowest BCUT2D eigenvalue weighted by Gasteiger charge is -2.25. The fraction of sp³-hybridized carbons (Fsp3) is 0.714. The average molecular weight is 328 g/mol. The number of nitrogens with one attached hydrogen (secondary N) is 1. The third-order valence-corrected chi connectivity index (χ3v) is 4.05. The molecule has 1 N–H and O–H groups in total. The van der Waals surface area contributed by atoms with Crippen molar-refractivity contribution in [3.8, 4) is 0 Å². The number of aromatic nitrogens is 2. The van der Waals surface area contributed by atoms with Crippen molar-refractivity contribution in [3.05, 3.63) is 21.0 Å². The quantitative estimate of drug-likeness (QED) is 0.923. The van der Waals surface area contributed by atoms with Gasteiger partial charge in [-0.2, -0.15) is 5.10 Å². The van der Waals surface area contributed by atoms with Crippen LogP contribution < -0.4 is 10.9 Å². The molecule has 1 aromatic heterocycles. The van der Waals surface area contributed by atoms with Crippen LogP contribution in [0.2, 0.25) is 0 Å². The Balaban J connectivity index is 2.16. The van der Waals surface area contributed by atoms with Crippen LogP contribution in [-0.2, 0) is 6.54 Å². The zero-order valence-corrected chi connectivity index (χ0v) is 13.5. The molecular formula is C14H22BrN3O. The molecule has 1 aliphatic rings. The Kier molecular flexibility index (Phi) is 4.33. The van der Waals surface area contributed by atoms with Gasteiger partial charge < -0.3 is 5.32 Å². The van der Waals surface area contributed by atoms with Crippen LogP contribution in [0.3, 0.4) is 0 Å². The predicted octanol–water partition coefficient (Wildman–Crippen LogP) is 3.26. The Morgan fingerprint density at radius 2 is 2.16 bits per heavy atom. The van der Waals surface area contributed by atoms with Gasteiger partial charge in [0.2, 0.25) is 0 Å². The standard InChI is InChI=1S/C14H22BrN3O/c1-14(2,3)9-16-12-11(15)7-17-18(13(12)19)8-10-5-4-6-10/h7,10,16H,4-6,8-9H2,1-3H3. The molecule has 0 aliphatic heterocycles. The summed E-state index contributed by atoms with van der Waals surface area (Å²) in [7, 11) is 0. The van der Waals surface area contributed by atoms with Gasteiger partial charge in [0.25, 0.3) is 5.56 Å². The summed E-state index contributed by atoms with van der Waals surface area (Å²) in [6.07, 6.45) is 5.43. The highest BCUT2D eigenvalue weighted by molar-refractivity contribution is 9.10. The van der Waals surface area contributed by atoms with Crippen LogP contribution in [0.5, 0.6) is 0 Å². The van der Waals surface area contributed by atoms with Crippen LogP contribution in [0.25, 0.3) is 0 Å². The van der Waals surface area contributed by atoms with Crippen molar-refractivity contribution >= 4 is 21.6 Å². The fourth-order valence-corrected chi connectivity index (χ4v) is 2.43. The van der Waals surface area contributed by atoms with Crippen LogP contribution in [-0.4, -0.2) is 16.3 Å². The fourth-order valence-electron chi connectivity index (χ4n) is 2.03. The molecule has 0 unspecified atom stereocenters. The maximum Gasteiger partial charge on any atom is 0.291 e. The summed E-state index contributed by atoms with van der Waals surface area (Å²) in [5.74, 6) is 0.627. The number of halogens is 1. The van der Waals surface area contributed by atoms with Crippen LogP contribution in [0, 0.1) is 11.3 Å². The van der Waals surface area contributed by atoms with Crippen molar-refractivity contribution in [1.82, 2.24) is 9.78 Å². The second-order valence-corrected chi connectivity index (χ2v) is 7.42. The van der Waals surface area contributed by atoms with Gasteiger partial charge in [0.05, 0.1) is 10.7 Å². The zero-order valence-electron chi connectivity index (χ0n) is 11.9. The average Bonchev–Trinajstić information content (AvgIpc) is 2.24. The van der Waals surface area contributed by atoms with Crippen molar-refractivity contribution in [3.63, 3.8) is 0 Å². The Labute approximate surface area is 122 Å². The van der Waals surface area contributed by atoms with Gasteiger partial charge in [-0.05, 0) is 40.1 Å². The van der Waals surface area contributed by atoms with Gasteiger partial charge in [0, 0.05) is 13.1 Å². The predicted molar refractivity (Wildman–Crippen MR) is 81.5 cm³/mol. The third-order valence-electron chi connectivity index (χ3n) is 3.45. The van der Waals surface area contributed by atoms with Gasteiger partial charge in [-0.15, -0.1) is 0 Å². The molecule has 4 nitrogen and oxygen atoms in total. The van der Waals surface area contributed by atoms with Crippen LogP contribution in [0.15, 0.2) is 15.5 Å². The lowest BCUT2D eigenvalue weighted by atomic mass is 9.85. The van der Waals surface area contributed by atoms with Crippen molar-refractivity contribution in [2.75, 3.05) is 11.9 Å². The van der Waals surface area contributed by atoms with Crippen molar-refractivity contribution < 1.29 is 0 Å². The number of nitrogens with zero attached hydrogens (tertiary/aromatic N) is 2. The minimum atomic E-state index is -0.0227. The van der Waals surface area contributed by atoms with E-state index >= 15 is 0 Å². The van der Waals surface area contributed by atoms with E-state index in [0.29, 0.717) is 11.6 Å². The number of hydrogen-bond acceptors (Lipinski definition) is 3. The Hall–Kier alpha value is -0.840. The van der Waals surface area contributed by atoms with Crippen LogP contribution >= 0.6 is 15.9 Å². The van der Waals surface area contributed by atoms with Gasteiger partial charge >= 0.3 is 0 Å². The molecule has 1 heterocycles. The molecule has 1 fully saturated rings. The lowest BCUT2D eigenvalue weighted by Crippen LogP contribution is -2.32. The highest BCUT2D eigenvalue weighted by Crippen LogP contribution is 2.27. The molecule has 0 atom stereocenters. The summed E-state index contributed by atoms with van der Waals surface area (Å²) in [5, 5.41) is 7.47. The summed E-state index contributed by atoms with van der Waals surface area (Å²) >= 11 is 3.41. The first kappa shape index (κ1) is 14.6. The summed E-state index contributed by atoms with van der Waals surface area (Å²) < 4.78 is 2.34. The maximum absolute atomic E-state index is 12.4. The highest BCUT2D eigenvalue weighted by atomic mass is 79.9. The molecule has 0 radical (unpaired) electrons. The van der Waals surface area contributed by atoms with Crippen molar-refractivity contribution in [2.45, 2.75) is 46.6 Å². The zero-order chi connectivity index (χ0) is 14.0. The Morgan fingerprint density at radius 1 is 1.47 bits per heavy atom. The molecular weight excluding hydrogens is 306 g/mol. The second kappa shape index (κ2) is 5.65. The van der Waals surface area contributed by atoms with Gasteiger partial charge in [-0.1, -0.05) is 27.2 Å². The van der Waals surface area contributed by atoms with Crippen LogP contribution in [0.4, 0.5) is 5.69 Å². The molecule has 1 saturated carbocycles. The van der Waals surface area contributed by atoms with Crippen LogP contribution in [0.1, 0.15) is 40.0 Å². The number of anilines is 1. The molecule has 0 aromatic carbocycles. The monoisotopic (exact) mass is 327 g/mol. The van der Waals surface area contributed by atoms with Gasteiger partial charge in [-0.25, -0.2) is 4.68 Å². The highest BCUT2D eigenvalue weighted by Gasteiger charge is 2.20. The second-order valence-electron chi connectivity index (χ2n) is 6.57. The van der Waals surface area contributed by atoms with E-state index < -0.39 is 0 Å². The van der Waals surface area contributed by atoms with Gasteiger partial charge in [0.1, 0.15) is 5.69 Å². The molecule has 19 heavy (non-hydrogen) atoms. The third kappa shape index (κ3) is 3.81. The minimum absolute atomic E-state index is 0.0227. The molecule has 1 aromatic rings. The smallest absolute Gasteiger partial charge is 0.291 e. The molecule has 2 rings (SSSR count). The van der Waals surface area contributed by atoms with Gasteiger partial charge in [-0.3, -0.25) is 4.79 Å². The molecule has 0 bridgehead atoms. The minimum Gasteiger partial charge on any atom is -0.379 e. The van der Waals surface area contributed by atoms with E-state index in [-0.39, 0.29) is 11.0 Å². The lowest BCUT2D eigenvalue weighted by molar-refractivity contribution is 0.262. The Bertz CT molecular complexity index is 500. The first-order chi connectivity index (χ1) is 8.87. The first-order valence-electron chi connectivity index (χ1n) is 6.86. The van der Waals surface area contributed by atoms with E-state index in [1.807, 2.05) is 0 Å².